The van der Waals surface area contributed by atoms with Gasteiger partial charge in [-0.2, -0.15) is 0 Å². The second-order valence-corrected chi connectivity index (χ2v) is 16.9. The van der Waals surface area contributed by atoms with Crippen molar-refractivity contribution in [3.8, 4) is 0 Å². The molecule has 346 valence electrons. The molecule has 3 aliphatic rings. The van der Waals surface area contributed by atoms with Crippen molar-refractivity contribution < 1.29 is 57.0 Å². The highest BCUT2D eigenvalue weighted by Gasteiger charge is 2.58. The van der Waals surface area contributed by atoms with Crippen LogP contribution in [0.4, 0.5) is 0 Å². The zero-order chi connectivity index (χ0) is 45.4. The predicted octanol–water partition coefficient (Wildman–Crippen LogP) is 8.75. The third-order valence-corrected chi connectivity index (χ3v) is 11.5. The average Bonchev–Trinajstić information content (AvgIpc) is 3.80. The van der Waals surface area contributed by atoms with Gasteiger partial charge in [-0.05, 0) is 48.9 Å². The molecule has 10 atom stereocenters. The summed E-state index contributed by atoms with van der Waals surface area (Å²) in [6.07, 6.45) is -1.90. The first-order valence-corrected chi connectivity index (χ1v) is 22.5. The van der Waals surface area contributed by atoms with E-state index in [-0.39, 0.29) is 32.5 Å². The molecule has 3 heterocycles. The Kier molecular flexibility index (Phi) is 17.7. The van der Waals surface area contributed by atoms with Crippen molar-refractivity contribution in [2.45, 2.75) is 139 Å². The van der Waals surface area contributed by atoms with Gasteiger partial charge < -0.3 is 47.4 Å². The highest BCUT2D eigenvalue weighted by Crippen LogP contribution is 2.41. The van der Waals surface area contributed by atoms with Gasteiger partial charge in [0.2, 0.25) is 0 Å². The molecular weight excluding hydrogens is 829 g/mol. The van der Waals surface area contributed by atoms with Gasteiger partial charge >= 0.3 is 11.9 Å². The van der Waals surface area contributed by atoms with Crippen LogP contribution in [0.3, 0.4) is 0 Å². The summed E-state index contributed by atoms with van der Waals surface area (Å²) < 4.78 is 63.6. The monoisotopic (exact) mass is 890 g/mol. The summed E-state index contributed by atoms with van der Waals surface area (Å²) >= 11 is 0. The molecule has 0 radical (unpaired) electrons. The molecule has 0 saturated carbocycles. The zero-order valence-corrected chi connectivity index (χ0v) is 37.4. The maximum atomic E-state index is 13.4. The van der Waals surface area contributed by atoms with Gasteiger partial charge in [-0.25, -0.2) is 0 Å². The van der Waals surface area contributed by atoms with E-state index in [0.29, 0.717) is 32.7 Å². The minimum absolute atomic E-state index is 0.0278. The van der Waals surface area contributed by atoms with Crippen LogP contribution >= 0.6 is 0 Å². The lowest BCUT2D eigenvalue weighted by Gasteiger charge is -2.46. The van der Waals surface area contributed by atoms with E-state index in [1.54, 1.807) is 12.2 Å². The highest BCUT2D eigenvalue weighted by atomic mass is 16.8. The van der Waals surface area contributed by atoms with Crippen molar-refractivity contribution >= 4 is 11.9 Å². The van der Waals surface area contributed by atoms with Crippen LogP contribution in [0.25, 0.3) is 0 Å². The molecule has 3 fully saturated rings. The Morgan fingerprint density at radius 1 is 0.600 bits per heavy atom. The molecule has 0 bridgehead atoms. The molecule has 0 aliphatic carbocycles. The summed E-state index contributed by atoms with van der Waals surface area (Å²) in [7, 11) is 0. The largest absolute Gasteiger partial charge is 0.463 e. The molecule has 12 nitrogen and oxygen atoms in total. The van der Waals surface area contributed by atoms with Crippen LogP contribution in [0.2, 0.25) is 0 Å². The second-order valence-electron chi connectivity index (χ2n) is 16.9. The Hall–Kier alpha value is -5.02. The van der Waals surface area contributed by atoms with Gasteiger partial charge in [-0.15, -0.1) is 13.2 Å². The molecule has 0 spiro atoms. The van der Waals surface area contributed by atoms with Gasteiger partial charge in [-0.1, -0.05) is 133 Å². The summed E-state index contributed by atoms with van der Waals surface area (Å²) in [5.41, 5.74) is 3.93. The number of carbonyl (C=O) groups excluding carboxylic acids is 2. The average molecular weight is 891 g/mol. The number of hydrogen-bond acceptors (Lipinski definition) is 12. The summed E-state index contributed by atoms with van der Waals surface area (Å²) in [5, 5.41) is 0. The van der Waals surface area contributed by atoms with Crippen LogP contribution in [0.1, 0.15) is 68.2 Å². The minimum atomic E-state index is -0.863. The van der Waals surface area contributed by atoms with Crippen LogP contribution in [-0.2, 0) is 83.4 Å². The summed E-state index contributed by atoms with van der Waals surface area (Å²) in [6, 6.07) is 39.4. The normalized spacial score (nSPS) is 26.2. The lowest BCUT2D eigenvalue weighted by Crippen LogP contribution is -2.61. The number of rotatable bonds is 24. The smallest absolute Gasteiger partial charge is 0.306 e. The lowest BCUT2D eigenvalue weighted by atomic mass is 9.92. The SMILES string of the molecule is C=CC[C@H]1O[C@H](COC(=O)CCCC(=O)O[C@H](CC=C)[C@H]2O[C@@H]3OC(C)(C)O[C@@H]3[C@H]2OCc2ccccc2)[C@@H](OCc2ccccc2)[C@H](OCc2ccccc2)[C@H]1OCc1ccccc1. The molecule has 0 aromatic heterocycles. The molecule has 0 N–H and O–H groups in total. The zero-order valence-electron chi connectivity index (χ0n) is 37.4. The summed E-state index contributed by atoms with van der Waals surface area (Å²) in [4.78, 5) is 26.8. The second kappa shape index (κ2) is 24.0. The Labute approximate surface area is 382 Å². The Bertz CT molecular complexity index is 2070. The topological polar surface area (TPSA) is 126 Å². The molecule has 0 unspecified atom stereocenters. The number of esters is 2. The molecule has 4 aromatic carbocycles. The van der Waals surface area contributed by atoms with E-state index in [2.05, 4.69) is 13.2 Å². The molecule has 65 heavy (non-hydrogen) atoms. The molecule has 3 aliphatic heterocycles. The number of fused-ring (bicyclic) bond motifs is 1. The van der Waals surface area contributed by atoms with E-state index in [1.807, 2.05) is 135 Å². The first kappa shape index (κ1) is 47.9. The van der Waals surface area contributed by atoms with E-state index >= 15 is 0 Å². The van der Waals surface area contributed by atoms with Crippen LogP contribution in [0, 0.1) is 0 Å². The van der Waals surface area contributed by atoms with Gasteiger partial charge in [0.15, 0.2) is 12.1 Å². The van der Waals surface area contributed by atoms with Crippen LogP contribution in [0.15, 0.2) is 147 Å². The highest BCUT2D eigenvalue weighted by molar-refractivity contribution is 5.72. The molecule has 7 rings (SSSR count). The van der Waals surface area contributed by atoms with Gasteiger partial charge in [-0.3, -0.25) is 9.59 Å². The number of carbonyl (C=O) groups is 2. The first-order valence-electron chi connectivity index (χ1n) is 22.5. The maximum Gasteiger partial charge on any atom is 0.306 e. The quantitative estimate of drug-likeness (QED) is 0.0493. The Morgan fingerprint density at radius 2 is 1.08 bits per heavy atom. The van der Waals surface area contributed by atoms with Crippen molar-refractivity contribution in [2.75, 3.05) is 6.61 Å². The van der Waals surface area contributed by atoms with Crippen LogP contribution < -0.4 is 0 Å². The Balaban J connectivity index is 0.986. The maximum absolute atomic E-state index is 13.4. The van der Waals surface area contributed by atoms with Crippen molar-refractivity contribution in [2.24, 2.45) is 0 Å². The molecular formula is C53H62O12. The van der Waals surface area contributed by atoms with E-state index in [1.165, 1.54) is 0 Å². The fourth-order valence-corrected chi connectivity index (χ4v) is 8.40. The van der Waals surface area contributed by atoms with E-state index in [0.717, 1.165) is 22.3 Å². The number of ether oxygens (including phenoxy) is 10. The van der Waals surface area contributed by atoms with Gasteiger partial charge in [0, 0.05) is 19.3 Å². The fourth-order valence-electron chi connectivity index (χ4n) is 8.40. The predicted molar refractivity (Wildman–Crippen MR) is 242 cm³/mol. The Morgan fingerprint density at radius 3 is 1.58 bits per heavy atom. The third-order valence-electron chi connectivity index (χ3n) is 11.5. The first-order chi connectivity index (χ1) is 31.7. The third kappa shape index (κ3) is 13.8. The van der Waals surface area contributed by atoms with Crippen LogP contribution in [0.5, 0.6) is 0 Å². The van der Waals surface area contributed by atoms with Crippen molar-refractivity contribution in [3.05, 3.63) is 169 Å². The van der Waals surface area contributed by atoms with E-state index < -0.39 is 79.0 Å². The van der Waals surface area contributed by atoms with Crippen molar-refractivity contribution in [3.63, 3.8) is 0 Å². The van der Waals surface area contributed by atoms with Gasteiger partial charge in [0.05, 0.1) is 32.5 Å². The van der Waals surface area contributed by atoms with Gasteiger partial charge in [0.25, 0.3) is 0 Å². The van der Waals surface area contributed by atoms with E-state index in [9.17, 15) is 9.59 Å². The molecule has 12 heteroatoms. The molecule has 0 amide bonds. The van der Waals surface area contributed by atoms with Crippen LogP contribution in [-0.4, -0.2) is 85.6 Å². The summed E-state index contributed by atoms with van der Waals surface area (Å²) in [6.45, 7) is 12.6. The standard InChI is InChI=1S/C53H62O12/c1-5-20-41-46(57-32-37-22-11-7-12-23-37)49(59-34-39-26-15-9-16-27-39)47(58-33-38-24-13-8-14-25-38)43(61-41)36-56-44(54)30-19-31-45(55)62-42(21-6-2)48-50(60-35-40-28-17-10-18-29-40)51-52(63-48)65-53(3,4)64-51/h5-18,22-29,41-43,46-52H,1-2,19-21,30-36H2,3-4H3/t41-,42-,43-,46+,47-,48-,49-,50+,51-,52-/m1/s1. The van der Waals surface area contributed by atoms with Gasteiger partial charge in [0.1, 0.15) is 55.4 Å². The summed E-state index contributed by atoms with van der Waals surface area (Å²) in [5.74, 6) is -1.85. The number of benzene rings is 4. The lowest BCUT2D eigenvalue weighted by molar-refractivity contribution is -0.270. The minimum Gasteiger partial charge on any atom is -0.463 e. The fraction of sp³-hybridized carbons (Fsp3) is 0.434. The number of hydrogen-bond donors (Lipinski definition) is 0. The van der Waals surface area contributed by atoms with Crippen molar-refractivity contribution in [1.29, 1.82) is 0 Å². The molecule has 4 aromatic rings. The molecule has 3 saturated heterocycles. The van der Waals surface area contributed by atoms with E-state index in [4.69, 9.17) is 47.4 Å². The van der Waals surface area contributed by atoms with Crippen molar-refractivity contribution in [1.82, 2.24) is 0 Å².